The largest absolute Gasteiger partial charge is 0.306 e. The van der Waals surface area contributed by atoms with Gasteiger partial charge in [0.05, 0.1) is 72.4 Å². The molecule has 9 aromatic carbocycles. The standard InChI is InChI=1S/C64H44N6/c1-38-23-27-56-47(32-38)43-15-5-9-19-52(43)67(56)61-51(36-65)60(42-14-13-31-66-37-42)62(68-53-20-10-6-16-44(53)48-33-39(2)24-28-57(48)68)64(70-55-22-12-8-18-46(55)50-35-41(4)26-30-59(50)70)63(61)69-54-21-11-7-17-45(54)49-34-40(3)25-29-58(49)69/h5-35,37H,1-4H3. The van der Waals surface area contributed by atoms with Crippen molar-refractivity contribution in [3.8, 4) is 39.9 Å². The molecule has 0 aliphatic carbocycles. The number of nitriles is 1. The molecule has 0 N–H and O–H groups in total. The fraction of sp³-hybridized carbons (Fsp3) is 0.0625. The maximum Gasteiger partial charge on any atom is 0.102 e. The Balaban J connectivity index is 1.38. The predicted octanol–water partition coefficient (Wildman–Crippen LogP) is 16.2. The zero-order valence-electron chi connectivity index (χ0n) is 39.2. The number of fused-ring (bicyclic) bond motifs is 12. The molecule has 5 heterocycles. The highest BCUT2D eigenvalue weighted by molar-refractivity contribution is 6.17. The lowest BCUT2D eigenvalue weighted by Gasteiger charge is -2.29. The van der Waals surface area contributed by atoms with Gasteiger partial charge in [-0.2, -0.15) is 5.26 Å². The Morgan fingerprint density at radius 1 is 0.343 bits per heavy atom. The van der Waals surface area contributed by atoms with E-state index >= 15 is 0 Å². The molecule has 0 aliphatic rings. The number of benzene rings is 9. The van der Waals surface area contributed by atoms with Crippen LogP contribution in [0.15, 0.2) is 194 Å². The van der Waals surface area contributed by atoms with Crippen molar-refractivity contribution in [1.29, 1.82) is 5.26 Å². The van der Waals surface area contributed by atoms with Crippen molar-refractivity contribution in [2.24, 2.45) is 0 Å². The summed E-state index contributed by atoms with van der Waals surface area (Å²) >= 11 is 0. The van der Waals surface area contributed by atoms with Crippen molar-refractivity contribution >= 4 is 87.2 Å². The first-order valence-corrected chi connectivity index (χ1v) is 23.9. The Hall–Kier alpha value is -9.18. The number of para-hydroxylation sites is 4. The van der Waals surface area contributed by atoms with Crippen LogP contribution in [0.1, 0.15) is 27.8 Å². The molecule has 6 heteroatoms. The second kappa shape index (κ2) is 14.9. The lowest BCUT2D eigenvalue weighted by Crippen LogP contribution is -2.16. The van der Waals surface area contributed by atoms with Gasteiger partial charge in [0.1, 0.15) is 6.07 Å². The van der Waals surface area contributed by atoms with Crippen LogP contribution in [0.4, 0.5) is 0 Å². The highest BCUT2D eigenvalue weighted by Crippen LogP contribution is 2.51. The fourth-order valence-corrected chi connectivity index (χ4v) is 11.8. The van der Waals surface area contributed by atoms with Crippen molar-refractivity contribution in [3.63, 3.8) is 0 Å². The number of pyridine rings is 1. The fourth-order valence-electron chi connectivity index (χ4n) is 11.8. The Morgan fingerprint density at radius 3 is 1.03 bits per heavy atom. The summed E-state index contributed by atoms with van der Waals surface area (Å²) in [6, 6.07) is 69.2. The molecule has 0 bridgehead atoms. The zero-order chi connectivity index (χ0) is 46.9. The maximum absolute atomic E-state index is 12.5. The molecule has 70 heavy (non-hydrogen) atoms. The summed E-state index contributed by atoms with van der Waals surface area (Å²) in [5.74, 6) is 0. The maximum atomic E-state index is 12.5. The highest BCUT2D eigenvalue weighted by atomic mass is 15.1. The molecule has 0 aliphatic heterocycles. The molecule has 0 amide bonds. The Labute approximate surface area is 403 Å². The number of rotatable bonds is 5. The van der Waals surface area contributed by atoms with Crippen LogP contribution in [0.3, 0.4) is 0 Å². The minimum Gasteiger partial charge on any atom is -0.306 e. The summed E-state index contributed by atoms with van der Waals surface area (Å²) in [5.41, 5.74) is 18.7. The van der Waals surface area contributed by atoms with Crippen molar-refractivity contribution in [2.45, 2.75) is 27.7 Å². The van der Waals surface area contributed by atoms with Gasteiger partial charge < -0.3 is 18.3 Å². The summed E-state index contributed by atoms with van der Waals surface area (Å²) in [4.78, 5) is 4.82. The molecule has 6 nitrogen and oxygen atoms in total. The van der Waals surface area contributed by atoms with E-state index in [0.717, 1.165) is 121 Å². The molecule has 0 unspecified atom stereocenters. The van der Waals surface area contributed by atoms with Crippen molar-refractivity contribution in [1.82, 2.24) is 23.3 Å². The molecule has 5 aromatic heterocycles. The molecule has 14 aromatic rings. The van der Waals surface area contributed by atoms with Gasteiger partial charge in [0, 0.05) is 66.6 Å². The molecule has 0 atom stereocenters. The van der Waals surface area contributed by atoms with E-state index in [9.17, 15) is 5.26 Å². The van der Waals surface area contributed by atoms with Crippen LogP contribution in [0.2, 0.25) is 0 Å². The molecule has 330 valence electrons. The SMILES string of the molecule is Cc1ccc2c(c1)c1ccccc1n2-c1c(C#N)c(-c2cccnc2)c(-n2c3ccccc3c3cc(C)ccc32)c(-n2c3ccccc3c3cc(C)ccc32)c1-n1c2ccccc2c2cc(C)ccc21. The second-order valence-electron chi connectivity index (χ2n) is 19.0. The normalized spacial score (nSPS) is 12.0. The van der Waals surface area contributed by atoms with E-state index in [0.29, 0.717) is 5.56 Å². The van der Waals surface area contributed by atoms with E-state index in [1.54, 1.807) is 0 Å². The van der Waals surface area contributed by atoms with Crippen LogP contribution in [0.5, 0.6) is 0 Å². The van der Waals surface area contributed by atoms with E-state index in [1.165, 1.54) is 22.3 Å². The van der Waals surface area contributed by atoms with E-state index < -0.39 is 0 Å². The van der Waals surface area contributed by atoms with Crippen LogP contribution < -0.4 is 0 Å². The van der Waals surface area contributed by atoms with Gasteiger partial charge >= 0.3 is 0 Å². The smallest absolute Gasteiger partial charge is 0.102 e. The average Bonchev–Trinajstić information content (AvgIpc) is 4.10. The number of nitrogens with zero attached hydrogens (tertiary/aromatic N) is 6. The first kappa shape index (κ1) is 39.9. The average molecular weight is 897 g/mol. The molecular weight excluding hydrogens is 853 g/mol. The van der Waals surface area contributed by atoms with Gasteiger partial charge in [-0.15, -0.1) is 0 Å². The molecule has 0 radical (unpaired) electrons. The minimum absolute atomic E-state index is 0.540. The lowest BCUT2D eigenvalue weighted by molar-refractivity contribution is 1.02. The number of aryl methyl sites for hydroxylation is 4. The lowest BCUT2D eigenvalue weighted by atomic mass is 9.93. The van der Waals surface area contributed by atoms with Gasteiger partial charge in [-0.3, -0.25) is 4.98 Å². The quantitative estimate of drug-likeness (QED) is 0.173. The highest BCUT2D eigenvalue weighted by Gasteiger charge is 2.35. The van der Waals surface area contributed by atoms with Gasteiger partial charge in [-0.1, -0.05) is 125 Å². The molecule has 0 fully saturated rings. The predicted molar refractivity (Wildman–Crippen MR) is 291 cm³/mol. The summed E-state index contributed by atoms with van der Waals surface area (Å²) in [6.45, 7) is 8.66. The zero-order valence-corrected chi connectivity index (χ0v) is 39.2. The monoisotopic (exact) mass is 896 g/mol. The van der Waals surface area contributed by atoms with Crippen LogP contribution in [0.25, 0.3) is 121 Å². The molecule has 0 spiro atoms. The molecular formula is C64H44N6. The number of hydrogen-bond donors (Lipinski definition) is 0. The molecule has 0 saturated carbocycles. The summed E-state index contributed by atoms with van der Waals surface area (Å²) in [7, 11) is 0. The Morgan fingerprint density at radius 2 is 0.671 bits per heavy atom. The van der Waals surface area contributed by atoms with Gasteiger partial charge in [0.15, 0.2) is 0 Å². The molecule has 0 saturated heterocycles. The van der Waals surface area contributed by atoms with Crippen LogP contribution in [-0.2, 0) is 0 Å². The first-order valence-electron chi connectivity index (χ1n) is 23.9. The number of hydrogen-bond acceptors (Lipinski definition) is 2. The van der Waals surface area contributed by atoms with Gasteiger partial charge in [-0.25, -0.2) is 0 Å². The Bertz CT molecular complexity index is 4590. The van der Waals surface area contributed by atoms with E-state index in [-0.39, 0.29) is 0 Å². The summed E-state index contributed by atoms with van der Waals surface area (Å²) in [6.07, 6.45) is 3.75. The summed E-state index contributed by atoms with van der Waals surface area (Å²) < 4.78 is 9.79. The van der Waals surface area contributed by atoms with Gasteiger partial charge in [-0.05, 0) is 107 Å². The van der Waals surface area contributed by atoms with E-state index in [2.05, 4.69) is 228 Å². The van der Waals surface area contributed by atoms with Crippen molar-refractivity contribution < 1.29 is 0 Å². The van der Waals surface area contributed by atoms with Crippen LogP contribution in [-0.4, -0.2) is 23.3 Å². The molecule has 14 rings (SSSR count). The van der Waals surface area contributed by atoms with Crippen LogP contribution >= 0.6 is 0 Å². The van der Waals surface area contributed by atoms with E-state index in [4.69, 9.17) is 4.98 Å². The van der Waals surface area contributed by atoms with Crippen LogP contribution in [0, 0.1) is 39.0 Å². The first-order chi connectivity index (χ1) is 34.4. The topological polar surface area (TPSA) is 56.4 Å². The Kier molecular flexibility index (Phi) is 8.51. The van der Waals surface area contributed by atoms with Crippen molar-refractivity contribution in [2.75, 3.05) is 0 Å². The van der Waals surface area contributed by atoms with Gasteiger partial charge in [0.2, 0.25) is 0 Å². The van der Waals surface area contributed by atoms with Crippen molar-refractivity contribution in [3.05, 3.63) is 222 Å². The third-order valence-corrected chi connectivity index (χ3v) is 14.7. The third-order valence-electron chi connectivity index (χ3n) is 14.7. The van der Waals surface area contributed by atoms with E-state index in [1.807, 2.05) is 18.5 Å². The van der Waals surface area contributed by atoms with Gasteiger partial charge in [0.25, 0.3) is 0 Å². The number of aromatic nitrogens is 5. The second-order valence-corrected chi connectivity index (χ2v) is 19.0. The minimum atomic E-state index is 0.540. The summed E-state index contributed by atoms with van der Waals surface area (Å²) in [5, 5.41) is 21.6. The third kappa shape index (κ3) is 5.52.